The first-order valence-electron chi connectivity index (χ1n) is 7.22. The Morgan fingerprint density at radius 3 is 2.91 bits per heavy atom. The van der Waals surface area contributed by atoms with Crippen LogP contribution in [0, 0.1) is 5.82 Å². The first-order chi connectivity index (χ1) is 11.1. The molecule has 1 aliphatic heterocycles. The van der Waals surface area contributed by atoms with Gasteiger partial charge in [-0.05, 0) is 29.8 Å². The first kappa shape index (κ1) is 15.0. The van der Waals surface area contributed by atoms with Crippen LogP contribution in [0.1, 0.15) is 12.0 Å². The maximum Gasteiger partial charge on any atom is 0.228 e. The van der Waals surface area contributed by atoms with E-state index in [-0.39, 0.29) is 24.7 Å². The summed E-state index contributed by atoms with van der Waals surface area (Å²) in [7, 11) is 0. The Balaban J connectivity index is 1.72. The Morgan fingerprint density at radius 2 is 2.09 bits per heavy atom. The molecule has 0 aliphatic carbocycles. The molecule has 0 fully saturated rings. The van der Waals surface area contributed by atoms with Gasteiger partial charge in [0.2, 0.25) is 11.8 Å². The van der Waals surface area contributed by atoms with Gasteiger partial charge in [-0.15, -0.1) is 0 Å². The van der Waals surface area contributed by atoms with E-state index in [1.165, 1.54) is 6.07 Å². The van der Waals surface area contributed by atoms with Gasteiger partial charge in [0, 0.05) is 5.69 Å². The van der Waals surface area contributed by atoms with Crippen molar-refractivity contribution in [3.63, 3.8) is 0 Å². The smallest absolute Gasteiger partial charge is 0.228 e. The van der Waals surface area contributed by atoms with E-state index in [1.54, 1.807) is 36.4 Å². The quantitative estimate of drug-likeness (QED) is 0.915. The molecule has 2 amide bonds. The first-order valence-corrected chi connectivity index (χ1v) is 7.22. The fourth-order valence-electron chi connectivity index (χ4n) is 2.32. The molecular formula is C17H15FN2O3. The van der Waals surface area contributed by atoms with Crippen LogP contribution in [0.3, 0.4) is 0 Å². The second-order valence-electron chi connectivity index (χ2n) is 5.17. The standard InChI is InChI=1S/C17H15FN2O3/c18-13-4-2-1-3-11(13)9-17(22)19-12-5-6-15-14(10-12)20-16(21)7-8-23-15/h1-6,10H,7-9H2,(H,19,22)(H,20,21). The molecule has 0 aromatic heterocycles. The summed E-state index contributed by atoms with van der Waals surface area (Å²) in [6, 6.07) is 11.1. The molecule has 3 rings (SSSR count). The molecule has 0 saturated carbocycles. The molecule has 0 saturated heterocycles. The zero-order valence-electron chi connectivity index (χ0n) is 12.3. The van der Waals surface area contributed by atoms with Gasteiger partial charge in [-0.25, -0.2) is 4.39 Å². The Hall–Kier alpha value is -2.89. The zero-order chi connectivity index (χ0) is 16.2. The number of carbonyl (C=O) groups is 2. The van der Waals surface area contributed by atoms with Gasteiger partial charge in [-0.3, -0.25) is 9.59 Å². The molecule has 1 aliphatic rings. The number of hydrogen-bond donors (Lipinski definition) is 2. The average Bonchev–Trinajstić information content (AvgIpc) is 2.69. The Morgan fingerprint density at radius 1 is 1.26 bits per heavy atom. The third-order valence-corrected chi connectivity index (χ3v) is 3.43. The van der Waals surface area contributed by atoms with Crippen LogP contribution >= 0.6 is 0 Å². The molecule has 118 valence electrons. The van der Waals surface area contributed by atoms with Crippen molar-refractivity contribution >= 4 is 23.2 Å². The summed E-state index contributed by atoms with van der Waals surface area (Å²) >= 11 is 0. The summed E-state index contributed by atoms with van der Waals surface area (Å²) in [5, 5.41) is 5.41. The lowest BCUT2D eigenvalue weighted by atomic mass is 10.1. The Bertz CT molecular complexity index is 761. The summed E-state index contributed by atoms with van der Waals surface area (Å²) in [6.45, 7) is 0.317. The number of fused-ring (bicyclic) bond motifs is 1. The summed E-state index contributed by atoms with van der Waals surface area (Å²) < 4.78 is 19.0. The summed E-state index contributed by atoms with van der Waals surface area (Å²) in [6.07, 6.45) is 0.219. The minimum absolute atomic E-state index is 0.0629. The van der Waals surface area contributed by atoms with Crippen LogP contribution in [0.15, 0.2) is 42.5 Å². The van der Waals surface area contributed by atoms with Crippen molar-refractivity contribution in [3.05, 3.63) is 53.8 Å². The molecule has 2 N–H and O–H groups in total. The molecule has 0 bridgehead atoms. The number of rotatable bonds is 3. The lowest BCUT2D eigenvalue weighted by Gasteiger charge is -2.11. The van der Waals surface area contributed by atoms with Gasteiger partial charge in [0.05, 0.1) is 25.1 Å². The van der Waals surface area contributed by atoms with Crippen LogP contribution in [0.25, 0.3) is 0 Å². The number of benzene rings is 2. The highest BCUT2D eigenvalue weighted by molar-refractivity contribution is 5.96. The summed E-state index contributed by atoms with van der Waals surface area (Å²) in [5.41, 5.74) is 1.35. The molecule has 0 atom stereocenters. The van der Waals surface area contributed by atoms with Gasteiger partial charge in [0.25, 0.3) is 0 Å². The van der Waals surface area contributed by atoms with E-state index in [4.69, 9.17) is 4.74 Å². The van der Waals surface area contributed by atoms with Gasteiger partial charge < -0.3 is 15.4 Å². The molecule has 5 nitrogen and oxygen atoms in total. The largest absolute Gasteiger partial charge is 0.491 e. The molecule has 0 spiro atoms. The number of carbonyl (C=O) groups excluding carboxylic acids is 2. The highest BCUT2D eigenvalue weighted by Gasteiger charge is 2.15. The van der Waals surface area contributed by atoms with Crippen LogP contribution in [-0.2, 0) is 16.0 Å². The predicted octanol–water partition coefficient (Wildman–Crippen LogP) is 2.73. The van der Waals surface area contributed by atoms with Crippen molar-refractivity contribution in [1.29, 1.82) is 0 Å². The zero-order valence-corrected chi connectivity index (χ0v) is 12.3. The molecule has 23 heavy (non-hydrogen) atoms. The second-order valence-corrected chi connectivity index (χ2v) is 5.17. The van der Waals surface area contributed by atoms with E-state index in [1.807, 2.05) is 0 Å². The molecule has 0 unspecified atom stereocenters. The Labute approximate surface area is 132 Å². The monoisotopic (exact) mass is 314 g/mol. The van der Waals surface area contributed by atoms with Gasteiger partial charge >= 0.3 is 0 Å². The van der Waals surface area contributed by atoms with Crippen LogP contribution in [-0.4, -0.2) is 18.4 Å². The second kappa shape index (κ2) is 6.48. The number of halogens is 1. The SMILES string of the molecule is O=C(Cc1ccccc1F)Nc1ccc2c(c1)NC(=O)CCO2. The minimum Gasteiger partial charge on any atom is -0.491 e. The van der Waals surface area contributed by atoms with Crippen molar-refractivity contribution in [1.82, 2.24) is 0 Å². The fraction of sp³-hybridized carbons (Fsp3) is 0.176. The molecule has 2 aromatic rings. The molecule has 6 heteroatoms. The molecule has 2 aromatic carbocycles. The predicted molar refractivity (Wildman–Crippen MR) is 83.9 cm³/mol. The van der Waals surface area contributed by atoms with Crippen molar-refractivity contribution in [3.8, 4) is 5.75 Å². The summed E-state index contributed by atoms with van der Waals surface area (Å²) in [5.74, 6) is -0.331. The highest BCUT2D eigenvalue weighted by Crippen LogP contribution is 2.30. The van der Waals surface area contributed by atoms with E-state index in [0.29, 0.717) is 29.3 Å². The maximum atomic E-state index is 13.6. The lowest BCUT2D eigenvalue weighted by molar-refractivity contribution is -0.116. The van der Waals surface area contributed by atoms with Gasteiger partial charge in [-0.1, -0.05) is 18.2 Å². The van der Waals surface area contributed by atoms with E-state index >= 15 is 0 Å². The lowest BCUT2D eigenvalue weighted by Crippen LogP contribution is -2.15. The van der Waals surface area contributed by atoms with E-state index in [2.05, 4.69) is 10.6 Å². The van der Waals surface area contributed by atoms with Gasteiger partial charge in [0.15, 0.2) is 0 Å². The number of hydrogen-bond acceptors (Lipinski definition) is 3. The van der Waals surface area contributed by atoms with Crippen molar-refractivity contribution in [2.75, 3.05) is 17.2 Å². The van der Waals surface area contributed by atoms with E-state index < -0.39 is 5.82 Å². The van der Waals surface area contributed by atoms with Crippen LogP contribution < -0.4 is 15.4 Å². The average molecular weight is 314 g/mol. The number of anilines is 2. The van der Waals surface area contributed by atoms with Crippen LogP contribution in [0.2, 0.25) is 0 Å². The normalized spacial score (nSPS) is 13.3. The number of amides is 2. The Kier molecular flexibility index (Phi) is 4.23. The molecule has 0 radical (unpaired) electrons. The minimum atomic E-state index is -0.412. The topological polar surface area (TPSA) is 67.4 Å². The third-order valence-electron chi connectivity index (χ3n) is 3.43. The van der Waals surface area contributed by atoms with Crippen LogP contribution in [0.4, 0.5) is 15.8 Å². The van der Waals surface area contributed by atoms with Crippen LogP contribution in [0.5, 0.6) is 5.75 Å². The highest BCUT2D eigenvalue weighted by atomic mass is 19.1. The number of nitrogens with one attached hydrogen (secondary N) is 2. The fourth-order valence-corrected chi connectivity index (χ4v) is 2.32. The maximum absolute atomic E-state index is 13.6. The molecular weight excluding hydrogens is 299 g/mol. The number of ether oxygens (including phenoxy) is 1. The van der Waals surface area contributed by atoms with Gasteiger partial charge in [-0.2, -0.15) is 0 Å². The van der Waals surface area contributed by atoms with Gasteiger partial charge in [0.1, 0.15) is 11.6 Å². The van der Waals surface area contributed by atoms with E-state index in [9.17, 15) is 14.0 Å². The summed E-state index contributed by atoms with van der Waals surface area (Å²) in [4.78, 5) is 23.6. The third kappa shape index (κ3) is 3.66. The van der Waals surface area contributed by atoms with Crippen molar-refractivity contribution in [2.24, 2.45) is 0 Å². The van der Waals surface area contributed by atoms with E-state index in [0.717, 1.165) is 0 Å². The van der Waals surface area contributed by atoms with Crippen molar-refractivity contribution < 1.29 is 18.7 Å². The molecule has 1 heterocycles. The van der Waals surface area contributed by atoms with Crippen molar-refractivity contribution in [2.45, 2.75) is 12.8 Å².